The quantitative estimate of drug-likeness (QED) is 0.855. The zero-order valence-electron chi connectivity index (χ0n) is 13.3. The number of rotatable bonds is 2. The lowest BCUT2D eigenvalue weighted by Crippen LogP contribution is -2.34. The van der Waals surface area contributed by atoms with Crippen molar-refractivity contribution in [1.29, 1.82) is 0 Å². The van der Waals surface area contributed by atoms with Crippen molar-refractivity contribution in [2.75, 3.05) is 13.1 Å². The fourth-order valence-corrected chi connectivity index (χ4v) is 3.78. The lowest BCUT2D eigenvalue weighted by atomic mass is 9.74. The van der Waals surface area contributed by atoms with Crippen LogP contribution in [0.25, 0.3) is 0 Å². The molecule has 0 saturated carbocycles. The van der Waals surface area contributed by atoms with Crippen molar-refractivity contribution in [3.05, 3.63) is 70.3 Å². The van der Waals surface area contributed by atoms with Crippen molar-refractivity contribution in [3.63, 3.8) is 0 Å². The summed E-state index contributed by atoms with van der Waals surface area (Å²) in [6.45, 7) is 8.89. The number of aryl methyl sites for hydroxylation is 3. The first-order valence-electron chi connectivity index (χ1n) is 8.00. The van der Waals surface area contributed by atoms with Gasteiger partial charge in [-0.1, -0.05) is 48.0 Å². The van der Waals surface area contributed by atoms with Gasteiger partial charge in [0, 0.05) is 12.5 Å². The van der Waals surface area contributed by atoms with Crippen molar-refractivity contribution in [2.45, 2.75) is 39.0 Å². The van der Waals surface area contributed by atoms with Gasteiger partial charge in [0.15, 0.2) is 0 Å². The first kappa shape index (κ1) is 14.3. The van der Waals surface area contributed by atoms with Crippen molar-refractivity contribution in [1.82, 2.24) is 5.32 Å². The van der Waals surface area contributed by atoms with E-state index in [0.29, 0.717) is 11.8 Å². The highest BCUT2D eigenvalue weighted by Gasteiger charge is 2.29. The molecule has 1 heterocycles. The summed E-state index contributed by atoms with van der Waals surface area (Å²) in [6, 6.07) is 15.8. The second-order valence-corrected chi connectivity index (χ2v) is 6.42. The molecule has 0 amide bonds. The van der Waals surface area contributed by atoms with Gasteiger partial charge >= 0.3 is 0 Å². The van der Waals surface area contributed by atoms with E-state index in [-0.39, 0.29) is 0 Å². The molecule has 1 aliphatic heterocycles. The monoisotopic (exact) mass is 279 g/mol. The molecule has 1 saturated heterocycles. The van der Waals surface area contributed by atoms with Crippen LogP contribution in [0.1, 0.15) is 46.1 Å². The van der Waals surface area contributed by atoms with Crippen molar-refractivity contribution >= 4 is 0 Å². The molecule has 3 rings (SSSR count). The van der Waals surface area contributed by atoms with E-state index in [1.807, 2.05) is 0 Å². The van der Waals surface area contributed by atoms with Crippen LogP contribution in [0, 0.1) is 20.8 Å². The third-order valence-electron chi connectivity index (χ3n) is 4.90. The maximum absolute atomic E-state index is 3.59. The maximum atomic E-state index is 3.59. The largest absolute Gasteiger partial charge is 0.316 e. The number of benzene rings is 2. The van der Waals surface area contributed by atoms with Gasteiger partial charge in [-0.25, -0.2) is 0 Å². The fraction of sp³-hybridized carbons (Fsp3) is 0.400. The first-order chi connectivity index (χ1) is 10.2. The first-order valence-corrected chi connectivity index (χ1v) is 8.00. The molecular formula is C20H25N. The zero-order valence-corrected chi connectivity index (χ0v) is 13.3. The van der Waals surface area contributed by atoms with Gasteiger partial charge in [-0.05, 0) is 61.9 Å². The molecule has 2 atom stereocenters. The Labute approximate surface area is 128 Å². The van der Waals surface area contributed by atoms with Crippen molar-refractivity contribution in [2.24, 2.45) is 0 Å². The molecule has 0 aromatic heterocycles. The van der Waals surface area contributed by atoms with Gasteiger partial charge in [0.1, 0.15) is 0 Å². The van der Waals surface area contributed by atoms with Gasteiger partial charge in [0.25, 0.3) is 0 Å². The van der Waals surface area contributed by atoms with E-state index in [1.54, 1.807) is 5.56 Å². The molecule has 21 heavy (non-hydrogen) atoms. The lowest BCUT2D eigenvalue weighted by molar-refractivity contribution is 0.402. The van der Waals surface area contributed by atoms with Gasteiger partial charge in [-0.15, -0.1) is 0 Å². The molecule has 1 fully saturated rings. The Morgan fingerprint density at radius 2 is 1.52 bits per heavy atom. The predicted molar refractivity (Wildman–Crippen MR) is 90.1 cm³/mol. The third-order valence-corrected chi connectivity index (χ3v) is 4.90. The Morgan fingerprint density at radius 3 is 2.19 bits per heavy atom. The van der Waals surface area contributed by atoms with Crippen LogP contribution in [0.2, 0.25) is 0 Å². The van der Waals surface area contributed by atoms with E-state index in [1.165, 1.54) is 28.7 Å². The van der Waals surface area contributed by atoms with E-state index < -0.39 is 0 Å². The Balaban J connectivity index is 2.00. The number of hydrogen-bond acceptors (Lipinski definition) is 1. The summed E-state index contributed by atoms with van der Waals surface area (Å²) in [6.07, 6.45) is 1.23. The van der Waals surface area contributed by atoms with Gasteiger partial charge in [-0.3, -0.25) is 0 Å². The summed E-state index contributed by atoms with van der Waals surface area (Å²) in [7, 11) is 0. The van der Waals surface area contributed by atoms with E-state index >= 15 is 0 Å². The smallest absolute Gasteiger partial charge is 0.00328 e. The molecule has 2 aromatic carbocycles. The Hall–Kier alpha value is -1.60. The van der Waals surface area contributed by atoms with Gasteiger partial charge in [0.05, 0.1) is 0 Å². The SMILES string of the molecule is Cc1ccc(C2CNCCC2c2c(C)cccc2C)cc1. The third kappa shape index (κ3) is 2.89. The second kappa shape index (κ2) is 6.03. The molecule has 0 aliphatic carbocycles. The van der Waals surface area contributed by atoms with E-state index in [4.69, 9.17) is 0 Å². The van der Waals surface area contributed by atoms with Crippen LogP contribution in [0.15, 0.2) is 42.5 Å². The minimum absolute atomic E-state index is 0.583. The second-order valence-electron chi connectivity index (χ2n) is 6.42. The highest BCUT2D eigenvalue weighted by Crippen LogP contribution is 2.40. The summed E-state index contributed by atoms with van der Waals surface area (Å²) in [5.41, 5.74) is 7.27. The average Bonchev–Trinajstić information content (AvgIpc) is 2.48. The summed E-state index contributed by atoms with van der Waals surface area (Å²) in [4.78, 5) is 0. The van der Waals surface area contributed by atoms with Crippen LogP contribution in [-0.2, 0) is 0 Å². The lowest BCUT2D eigenvalue weighted by Gasteiger charge is -2.35. The molecule has 1 N–H and O–H groups in total. The van der Waals surface area contributed by atoms with E-state index in [0.717, 1.165) is 13.1 Å². The van der Waals surface area contributed by atoms with Crippen molar-refractivity contribution in [3.8, 4) is 0 Å². The molecule has 0 bridgehead atoms. The molecule has 2 aromatic rings. The van der Waals surface area contributed by atoms with Crippen LogP contribution in [0.3, 0.4) is 0 Å². The summed E-state index contributed by atoms with van der Waals surface area (Å²) in [5, 5.41) is 3.59. The molecule has 2 unspecified atom stereocenters. The topological polar surface area (TPSA) is 12.0 Å². The van der Waals surface area contributed by atoms with Crippen LogP contribution in [0.5, 0.6) is 0 Å². The molecular weight excluding hydrogens is 254 g/mol. The van der Waals surface area contributed by atoms with E-state index in [2.05, 4.69) is 68.6 Å². The van der Waals surface area contributed by atoms with Gasteiger partial charge in [-0.2, -0.15) is 0 Å². The molecule has 1 heteroatoms. The van der Waals surface area contributed by atoms with Crippen molar-refractivity contribution < 1.29 is 0 Å². The predicted octanol–water partition coefficient (Wildman–Crippen LogP) is 4.47. The van der Waals surface area contributed by atoms with Gasteiger partial charge < -0.3 is 5.32 Å². The number of piperidine rings is 1. The highest BCUT2D eigenvalue weighted by molar-refractivity contribution is 5.40. The minimum atomic E-state index is 0.583. The summed E-state index contributed by atoms with van der Waals surface area (Å²) in [5.74, 6) is 1.22. The highest BCUT2D eigenvalue weighted by atomic mass is 14.9. The van der Waals surface area contributed by atoms with Crippen LogP contribution in [0.4, 0.5) is 0 Å². The molecule has 110 valence electrons. The Morgan fingerprint density at radius 1 is 0.857 bits per heavy atom. The normalized spacial score (nSPS) is 22.2. The number of hydrogen-bond donors (Lipinski definition) is 1. The van der Waals surface area contributed by atoms with E-state index in [9.17, 15) is 0 Å². The van der Waals surface area contributed by atoms with Crippen LogP contribution >= 0.6 is 0 Å². The standard InChI is InChI=1S/C20H25N/c1-14-7-9-17(10-8-14)19-13-21-12-11-18(19)20-15(2)5-4-6-16(20)3/h4-10,18-19,21H,11-13H2,1-3H3. The van der Waals surface area contributed by atoms with Crippen LogP contribution in [-0.4, -0.2) is 13.1 Å². The average molecular weight is 279 g/mol. The molecule has 1 aliphatic rings. The fourth-order valence-electron chi connectivity index (χ4n) is 3.78. The van der Waals surface area contributed by atoms with Crippen LogP contribution < -0.4 is 5.32 Å². The summed E-state index contributed by atoms with van der Waals surface area (Å²) < 4.78 is 0. The Kier molecular flexibility index (Phi) is 4.12. The minimum Gasteiger partial charge on any atom is -0.316 e. The summed E-state index contributed by atoms with van der Waals surface area (Å²) >= 11 is 0. The molecule has 0 spiro atoms. The Bertz CT molecular complexity index is 592. The molecule has 0 radical (unpaired) electrons. The van der Waals surface area contributed by atoms with Gasteiger partial charge in [0.2, 0.25) is 0 Å². The number of nitrogens with one attached hydrogen (secondary N) is 1. The zero-order chi connectivity index (χ0) is 14.8. The molecule has 1 nitrogen and oxygen atoms in total. The maximum Gasteiger partial charge on any atom is 0.00328 e.